The third kappa shape index (κ3) is 2.29. The maximum atomic E-state index is 12.3. The Morgan fingerprint density at radius 3 is 2.68 bits per heavy atom. The Morgan fingerprint density at radius 1 is 1.11 bits per heavy atom. The fourth-order valence-electron chi connectivity index (χ4n) is 2.26. The van der Waals surface area contributed by atoms with Crippen LogP contribution in [0.5, 0.6) is 0 Å². The maximum absolute atomic E-state index is 12.3. The second kappa shape index (κ2) is 4.94. The van der Waals surface area contributed by atoms with Crippen LogP contribution >= 0.6 is 11.6 Å². The van der Waals surface area contributed by atoms with Crippen LogP contribution in [0.15, 0.2) is 48.5 Å². The van der Waals surface area contributed by atoms with Gasteiger partial charge in [0.25, 0.3) is 0 Å². The molecule has 0 aliphatic carbocycles. The molecule has 0 saturated heterocycles. The molecule has 4 heteroatoms. The first-order valence-corrected chi connectivity index (χ1v) is 6.55. The van der Waals surface area contributed by atoms with Crippen molar-refractivity contribution in [1.82, 2.24) is 0 Å². The zero-order valence-corrected chi connectivity index (χ0v) is 11.0. The SMILES string of the molecule is O=C1CCNc2cc(Cl)ccc2N1c1ccccc1. The van der Waals surface area contributed by atoms with E-state index in [0.29, 0.717) is 18.0 Å². The predicted molar refractivity (Wildman–Crippen MR) is 78.1 cm³/mol. The number of fused-ring (bicyclic) bond motifs is 1. The molecule has 1 heterocycles. The lowest BCUT2D eigenvalue weighted by atomic mass is 10.2. The Kier molecular flexibility index (Phi) is 3.13. The standard InChI is InChI=1S/C15H13ClN2O/c16-11-6-7-14-13(10-11)17-9-8-15(19)18(14)12-4-2-1-3-5-12/h1-7,10,17H,8-9H2. The average molecular weight is 273 g/mol. The summed E-state index contributed by atoms with van der Waals surface area (Å²) in [5, 5.41) is 3.91. The van der Waals surface area contributed by atoms with Crippen molar-refractivity contribution >= 4 is 34.6 Å². The minimum atomic E-state index is 0.0831. The normalized spacial score (nSPS) is 14.6. The number of rotatable bonds is 1. The van der Waals surface area contributed by atoms with Gasteiger partial charge < -0.3 is 5.32 Å². The predicted octanol–water partition coefficient (Wildman–Crippen LogP) is 3.82. The van der Waals surface area contributed by atoms with Crippen LogP contribution < -0.4 is 10.2 Å². The molecule has 3 nitrogen and oxygen atoms in total. The highest BCUT2D eigenvalue weighted by atomic mass is 35.5. The van der Waals surface area contributed by atoms with Crippen LogP contribution in [0, 0.1) is 0 Å². The van der Waals surface area contributed by atoms with Crippen LogP contribution in [0.1, 0.15) is 6.42 Å². The second-order valence-electron chi connectivity index (χ2n) is 4.40. The highest BCUT2D eigenvalue weighted by Crippen LogP contribution is 2.36. The van der Waals surface area contributed by atoms with Gasteiger partial charge in [0.05, 0.1) is 11.4 Å². The summed E-state index contributed by atoms with van der Waals surface area (Å²) < 4.78 is 0. The molecule has 0 atom stereocenters. The third-order valence-corrected chi connectivity index (χ3v) is 3.35. The largest absolute Gasteiger partial charge is 0.383 e. The van der Waals surface area contributed by atoms with Gasteiger partial charge in [-0.3, -0.25) is 9.69 Å². The number of hydrogen-bond donors (Lipinski definition) is 1. The van der Waals surface area contributed by atoms with Crippen molar-refractivity contribution in [3.05, 3.63) is 53.6 Å². The Morgan fingerprint density at radius 2 is 1.89 bits per heavy atom. The lowest BCUT2D eigenvalue weighted by molar-refractivity contribution is -0.117. The number of halogens is 1. The molecule has 19 heavy (non-hydrogen) atoms. The first kappa shape index (κ1) is 12.1. The zero-order chi connectivity index (χ0) is 13.2. The summed E-state index contributed by atoms with van der Waals surface area (Å²) in [6, 6.07) is 15.2. The number of amides is 1. The van der Waals surface area contributed by atoms with E-state index < -0.39 is 0 Å². The number of para-hydroxylation sites is 1. The van der Waals surface area contributed by atoms with E-state index in [9.17, 15) is 4.79 Å². The van der Waals surface area contributed by atoms with E-state index in [0.717, 1.165) is 17.1 Å². The van der Waals surface area contributed by atoms with Crippen LogP contribution in [-0.4, -0.2) is 12.5 Å². The van der Waals surface area contributed by atoms with E-state index in [2.05, 4.69) is 5.32 Å². The van der Waals surface area contributed by atoms with Crippen LogP contribution in [0.25, 0.3) is 0 Å². The average Bonchev–Trinajstić information content (AvgIpc) is 2.58. The van der Waals surface area contributed by atoms with Crippen molar-refractivity contribution in [3.8, 4) is 0 Å². The Balaban J connectivity index is 2.14. The Bertz CT molecular complexity index is 613. The number of carbonyl (C=O) groups is 1. The molecule has 0 bridgehead atoms. The molecule has 0 fully saturated rings. The van der Waals surface area contributed by atoms with E-state index in [1.165, 1.54) is 0 Å². The smallest absolute Gasteiger partial charge is 0.233 e. The van der Waals surface area contributed by atoms with Gasteiger partial charge >= 0.3 is 0 Å². The molecule has 1 N–H and O–H groups in total. The van der Waals surface area contributed by atoms with Crippen molar-refractivity contribution in [2.24, 2.45) is 0 Å². The minimum absolute atomic E-state index is 0.0831. The summed E-state index contributed by atoms with van der Waals surface area (Å²) in [6.45, 7) is 0.621. The fourth-order valence-corrected chi connectivity index (χ4v) is 2.43. The number of benzene rings is 2. The molecule has 1 amide bonds. The summed E-state index contributed by atoms with van der Waals surface area (Å²) in [5.74, 6) is 0.0831. The van der Waals surface area contributed by atoms with Crippen LogP contribution in [-0.2, 0) is 4.79 Å². The van der Waals surface area contributed by atoms with Gasteiger partial charge in [0.15, 0.2) is 0 Å². The van der Waals surface area contributed by atoms with Crippen molar-refractivity contribution in [2.45, 2.75) is 6.42 Å². The molecule has 0 radical (unpaired) electrons. The van der Waals surface area contributed by atoms with Gasteiger partial charge in [-0.05, 0) is 30.3 Å². The topological polar surface area (TPSA) is 32.3 Å². The molecule has 1 aliphatic rings. The number of hydrogen-bond acceptors (Lipinski definition) is 2. The molecule has 96 valence electrons. The van der Waals surface area contributed by atoms with E-state index in [1.807, 2.05) is 42.5 Å². The van der Waals surface area contributed by atoms with E-state index in [4.69, 9.17) is 11.6 Å². The summed E-state index contributed by atoms with van der Waals surface area (Å²) in [5.41, 5.74) is 2.61. The molecule has 0 saturated carbocycles. The lowest BCUT2D eigenvalue weighted by Gasteiger charge is -2.22. The van der Waals surface area contributed by atoms with Gasteiger partial charge in [-0.1, -0.05) is 29.8 Å². The second-order valence-corrected chi connectivity index (χ2v) is 4.84. The van der Waals surface area contributed by atoms with Crippen molar-refractivity contribution in [1.29, 1.82) is 0 Å². The van der Waals surface area contributed by atoms with E-state index in [-0.39, 0.29) is 5.91 Å². The number of carbonyl (C=O) groups excluding carboxylic acids is 1. The monoisotopic (exact) mass is 272 g/mol. The van der Waals surface area contributed by atoms with Gasteiger partial charge in [0.1, 0.15) is 0 Å². The van der Waals surface area contributed by atoms with E-state index in [1.54, 1.807) is 11.0 Å². The highest BCUT2D eigenvalue weighted by Gasteiger charge is 2.23. The maximum Gasteiger partial charge on any atom is 0.233 e. The summed E-state index contributed by atoms with van der Waals surface area (Å²) >= 11 is 6.02. The van der Waals surface area contributed by atoms with Crippen LogP contribution in [0.3, 0.4) is 0 Å². The molecule has 2 aromatic carbocycles. The molecular formula is C15H13ClN2O. The Labute approximate surface area is 116 Å². The lowest BCUT2D eigenvalue weighted by Crippen LogP contribution is -2.24. The number of nitrogens with zero attached hydrogens (tertiary/aromatic N) is 1. The van der Waals surface area contributed by atoms with Crippen molar-refractivity contribution < 1.29 is 4.79 Å². The number of anilines is 3. The van der Waals surface area contributed by atoms with E-state index >= 15 is 0 Å². The molecule has 0 unspecified atom stereocenters. The highest BCUT2D eigenvalue weighted by molar-refractivity contribution is 6.31. The van der Waals surface area contributed by atoms with Gasteiger partial charge in [-0.2, -0.15) is 0 Å². The van der Waals surface area contributed by atoms with Gasteiger partial charge in [-0.15, -0.1) is 0 Å². The minimum Gasteiger partial charge on any atom is -0.383 e. The molecule has 0 aromatic heterocycles. The third-order valence-electron chi connectivity index (χ3n) is 3.12. The first-order valence-electron chi connectivity index (χ1n) is 6.17. The van der Waals surface area contributed by atoms with Gasteiger partial charge in [-0.25, -0.2) is 0 Å². The van der Waals surface area contributed by atoms with Crippen LogP contribution in [0.4, 0.5) is 17.1 Å². The molecule has 3 rings (SSSR count). The quantitative estimate of drug-likeness (QED) is 0.856. The van der Waals surface area contributed by atoms with Crippen LogP contribution in [0.2, 0.25) is 5.02 Å². The van der Waals surface area contributed by atoms with Crippen molar-refractivity contribution in [3.63, 3.8) is 0 Å². The molecule has 2 aromatic rings. The Hall–Kier alpha value is -2.00. The molecule has 0 spiro atoms. The number of nitrogens with one attached hydrogen (secondary N) is 1. The van der Waals surface area contributed by atoms with Gasteiger partial charge in [0, 0.05) is 23.7 Å². The van der Waals surface area contributed by atoms with Crippen molar-refractivity contribution in [2.75, 3.05) is 16.8 Å². The summed E-state index contributed by atoms with van der Waals surface area (Å²) in [7, 11) is 0. The first-order chi connectivity index (χ1) is 9.25. The fraction of sp³-hybridized carbons (Fsp3) is 0.133. The zero-order valence-electron chi connectivity index (χ0n) is 10.3. The molecular weight excluding hydrogens is 260 g/mol. The molecule has 1 aliphatic heterocycles. The summed E-state index contributed by atoms with van der Waals surface area (Å²) in [6.07, 6.45) is 0.460. The van der Waals surface area contributed by atoms with Gasteiger partial charge in [0.2, 0.25) is 5.91 Å². The summed E-state index contributed by atoms with van der Waals surface area (Å²) in [4.78, 5) is 14.1.